The Morgan fingerprint density at radius 1 is 1.53 bits per heavy atom. The molecule has 1 aliphatic rings. The van der Waals surface area contributed by atoms with E-state index in [1.165, 1.54) is 12.1 Å². The fourth-order valence-corrected chi connectivity index (χ4v) is 1.75. The van der Waals surface area contributed by atoms with Crippen LogP contribution in [0.5, 0.6) is 0 Å². The molecule has 80 valence electrons. The summed E-state index contributed by atoms with van der Waals surface area (Å²) in [6.45, 7) is 1.97. The van der Waals surface area contributed by atoms with E-state index < -0.39 is 0 Å². The first-order valence-electron chi connectivity index (χ1n) is 4.98. The second-order valence-corrected chi connectivity index (χ2v) is 4.80. The highest BCUT2D eigenvalue weighted by molar-refractivity contribution is 6.31. The maximum Gasteiger partial charge on any atom is 0.143 e. The Hall–Kier alpha value is -0.890. The van der Waals surface area contributed by atoms with Crippen molar-refractivity contribution in [1.29, 1.82) is 0 Å². The zero-order valence-electron chi connectivity index (χ0n) is 8.52. The normalized spacial score (nSPS) is 17.5. The molecule has 1 fully saturated rings. The van der Waals surface area contributed by atoms with Crippen LogP contribution in [0.4, 0.5) is 4.39 Å². The quantitative estimate of drug-likeness (QED) is 0.772. The summed E-state index contributed by atoms with van der Waals surface area (Å²) in [6, 6.07) is 4.17. The molecule has 0 N–H and O–H groups in total. The molecule has 0 radical (unpaired) electrons. The SMILES string of the molecule is CC1(C(=O)Cc2ccc(F)cc2Cl)CC1. The molecule has 2 rings (SSSR count). The molecule has 0 unspecified atom stereocenters. The molecule has 0 aromatic heterocycles. The molecule has 0 atom stereocenters. The monoisotopic (exact) mass is 226 g/mol. The summed E-state index contributed by atoms with van der Waals surface area (Å²) in [5.74, 6) is -0.162. The molecule has 0 heterocycles. The van der Waals surface area contributed by atoms with Crippen molar-refractivity contribution in [3.63, 3.8) is 0 Å². The number of Topliss-reactive ketones (excluding diaryl/α,β-unsaturated/α-hetero) is 1. The van der Waals surface area contributed by atoms with Crippen LogP contribution in [0.15, 0.2) is 18.2 Å². The molecule has 1 saturated carbocycles. The standard InChI is InChI=1S/C12H12ClFO/c1-12(4-5-12)11(15)6-8-2-3-9(14)7-10(8)13/h2-3,7H,4-6H2,1H3. The van der Waals surface area contributed by atoms with Crippen LogP contribution >= 0.6 is 11.6 Å². The van der Waals surface area contributed by atoms with Crippen LogP contribution in [-0.4, -0.2) is 5.78 Å². The molecule has 0 saturated heterocycles. The lowest BCUT2D eigenvalue weighted by Gasteiger charge is -2.08. The molecule has 3 heteroatoms. The third kappa shape index (κ3) is 2.20. The van der Waals surface area contributed by atoms with Crippen molar-refractivity contribution >= 4 is 17.4 Å². The van der Waals surface area contributed by atoms with Gasteiger partial charge >= 0.3 is 0 Å². The van der Waals surface area contributed by atoms with Crippen molar-refractivity contribution in [1.82, 2.24) is 0 Å². The molecule has 1 nitrogen and oxygen atoms in total. The van der Waals surface area contributed by atoms with Crippen molar-refractivity contribution in [2.24, 2.45) is 5.41 Å². The summed E-state index contributed by atoms with van der Waals surface area (Å²) in [7, 11) is 0. The number of ketones is 1. The number of carbonyl (C=O) groups is 1. The second-order valence-electron chi connectivity index (χ2n) is 4.40. The van der Waals surface area contributed by atoms with E-state index in [2.05, 4.69) is 0 Å². The Labute approximate surface area is 93.2 Å². The summed E-state index contributed by atoms with van der Waals surface area (Å²) < 4.78 is 12.8. The van der Waals surface area contributed by atoms with Gasteiger partial charge < -0.3 is 0 Å². The molecule has 0 aliphatic heterocycles. The Morgan fingerprint density at radius 2 is 2.20 bits per heavy atom. The average molecular weight is 227 g/mol. The van der Waals surface area contributed by atoms with Crippen LogP contribution in [0.3, 0.4) is 0 Å². The summed E-state index contributed by atoms with van der Waals surface area (Å²) in [5.41, 5.74) is 0.578. The molecule has 1 aliphatic carbocycles. The molecule has 0 amide bonds. The highest BCUT2D eigenvalue weighted by Gasteiger charge is 2.44. The lowest BCUT2D eigenvalue weighted by Crippen LogP contribution is -2.14. The fourth-order valence-electron chi connectivity index (χ4n) is 1.52. The molecule has 15 heavy (non-hydrogen) atoms. The van der Waals surface area contributed by atoms with Gasteiger partial charge in [-0.15, -0.1) is 0 Å². The largest absolute Gasteiger partial charge is 0.299 e. The van der Waals surface area contributed by atoms with Gasteiger partial charge in [-0.05, 0) is 30.5 Å². The van der Waals surface area contributed by atoms with Crippen molar-refractivity contribution < 1.29 is 9.18 Å². The number of hydrogen-bond donors (Lipinski definition) is 0. The Kier molecular flexibility index (Phi) is 2.55. The van der Waals surface area contributed by atoms with E-state index in [-0.39, 0.29) is 17.0 Å². The van der Waals surface area contributed by atoms with E-state index >= 15 is 0 Å². The minimum Gasteiger partial charge on any atom is -0.299 e. The molecule has 0 bridgehead atoms. The number of rotatable bonds is 3. The first-order chi connectivity index (χ1) is 7.01. The Morgan fingerprint density at radius 3 is 2.73 bits per heavy atom. The number of carbonyl (C=O) groups excluding carboxylic acids is 1. The minimum absolute atomic E-state index is 0.141. The van der Waals surface area contributed by atoms with Gasteiger partial charge in [0, 0.05) is 16.9 Å². The van der Waals surface area contributed by atoms with E-state index in [4.69, 9.17) is 11.6 Å². The first-order valence-corrected chi connectivity index (χ1v) is 5.36. The van der Waals surface area contributed by atoms with Crippen molar-refractivity contribution in [3.8, 4) is 0 Å². The predicted octanol–water partition coefficient (Wildman–Crippen LogP) is 3.39. The topological polar surface area (TPSA) is 17.1 Å². The fraction of sp³-hybridized carbons (Fsp3) is 0.417. The molecule has 1 aromatic carbocycles. The Balaban J connectivity index is 2.14. The molecule has 0 spiro atoms. The number of benzene rings is 1. The van der Waals surface area contributed by atoms with Gasteiger partial charge in [0.1, 0.15) is 11.6 Å². The first kappa shape index (κ1) is 10.6. The smallest absolute Gasteiger partial charge is 0.143 e. The third-order valence-electron chi connectivity index (χ3n) is 3.04. The highest BCUT2D eigenvalue weighted by atomic mass is 35.5. The summed E-state index contributed by atoms with van der Waals surface area (Å²) in [4.78, 5) is 11.8. The maximum atomic E-state index is 12.8. The van der Waals surface area contributed by atoms with E-state index in [1.807, 2.05) is 6.92 Å². The van der Waals surface area contributed by atoms with E-state index in [0.717, 1.165) is 18.4 Å². The average Bonchev–Trinajstić information content (AvgIpc) is 2.90. The molecular formula is C12H12ClFO. The van der Waals surface area contributed by atoms with Gasteiger partial charge in [-0.25, -0.2) is 4.39 Å². The van der Waals surface area contributed by atoms with Gasteiger partial charge in [-0.2, -0.15) is 0 Å². The number of halogens is 2. The van der Waals surface area contributed by atoms with E-state index in [0.29, 0.717) is 11.4 Å². The van der Waals surface area contributed by atoms with Gasteiger partial charge in [0.15, 0.2) is 0 Å². The van der Waals surface area contributed by atoms with Gasteiger partial charge in [0.2, 0.25) is 0 Å². The highest BCUT2D eigenvalue weighted by Crippen LogP contribution is 2.46. The molecular weight excluding hydrogens is 215 g/mol. The van der Waals surface area contributed by atoms with Gasteiger partial charge in [0.05, 0.1) is 0 Å². The molecule has 1 aromatic rings. The third-order valence-corrected chi connectivity index (χ3v) is 3.39. The van der Waals surface area contributed by atoms with Crippen molar-refractivity contribution in [2.75, 3.05) is 0 Å². The van der Waals surface area contributed by atoms with Crippen LogP contribution in [0.1, 0.15) is 25.3 Å². The maximum absolute atomic E-state index is 12.8. The minimum atomic E-state index is -0.367. The van der Waals surface area contributed by atoms with Crippen LogP contribution in [0, 0.1) is 11.2 Å². The second kappa shape index (κ2) is 3.60. The zero-order valence-corrected chi connectivity index (χ0v) is 9.27. The van der Waals surface area contributed by atoms with Crippen molar-refractivity contribution in [3.05, 3.63) is 34.6 Å². The van der Waals surface area contributed by atoms with E-state index in [9.17, 15) is 9.18 Å². The van der Waals surface area contributed by atoms with Crippen LogP contribution in [-0.2, 0) is 11.2 Å². The number of hydrogen-bond acceptors (Lipinski definition) is 1. The lowest BCUT2D eigenvalue weighted by atomic mass is 9.97. The Bertz CT molecular complexity index is 410. The van der Waals surface area contributed by atoms with Crippen LogP contribution in [0.25, 0.3) is 0 Å². The van der Waals surface area contributed by atoms with Crippen molar-refractivity contribution in [2.45, 2.75) is 26.2 Å². The summed E-state index contributed by atoms with van der Waals surface area (Å²) in [6.07, 6.45) is 2.24. The van der Waals surface area contributed by atoms with Gasteiger partial charge in [0.25, 0.3) is 0 Å². The van der Waals surface area contributed by atoms with Gasteiger partial charge in [-0.3, -0.25) is 4.79 Å². The predicted molar refractivity (Wildman–Crippen MR) is 57.5 cm³/mol. The summed E-state index contributed by atoms with van der Waals surface area (Å²) >= 11 is 5.85. The lowest BCUT2D eigenvalue weighted by molar-refractivity contribution is -0.122. The van der Waals surface area contributed by atoms with E-state index in [1.54, 1.807) is 6.07 Å². The van der Waals surface area contributed by atoms with Crippen LogP contribution in [0.2, 0.25) is 5.02 Å². The zero-order chi connectivity index (χ0) is 11.1. The van der Waals surface area contributed by atoms with Crippen LogP contribution < -0.4 is 0 Å². The van der Waals surface area contributed by atoms with Gasteiger partial charge in [-0.1, -0.05) is 24.6 Å². The summed E-state index contributed by atoms with van der Waals surface area (Å²) in [5, 5.41) is 0.340.